The van der Waals surface area contributed by atoms with Gasteiger partial charge in [0.2, 0.25) is 17.8 Å². The maximum absolute atomic E-state index is 12.9. The first kappa shape index (κ1) is 19.9. The lowest BCUT2D eigenvalue weighted by molar-refractivity contribution is -0.137. The van der Waals surface area contributed by atoms with Crippen LogP contribution in [0.3, 0.4) is 0 Å². The normalized spacial score (nSPS) is 18.7. The van der Waals surface area contributed by atoms with E-state index in [1.54, 1.807) is 0 Å². The molecule has 0 radical (unpaired) electrons. The highest BCUT2D eigenvalue weighted by Gasteiger charge is 2.36. The van der Waals surface area contributed by atoms with Crippen LogP contribution in [0.2, 0.25) is 0 Å². The molecule has 0 spiro atoms. The van der Waals surface area contributed by atoms with E-state index in [1.807, 2.05) is 4.90 Å². The topological polar surface area (TPSA) is 113 Å². The number of hydrogen-bond donors (Lipinski definition) is 3. The third-order valence-electron chi connectivity index (χ3n) is 5.12. The van der Waals surface area contributed by atoms with Crippen LogP contribution in [-0.4, -0.2) is 34.9 Å². The van der Waals surface area contributed by atoms with Crippen LogP contribution in [0.5, 0.6) is 0 Å². The monoisotopic (exact) mass is 420 g/mol. The molecule has 1 unspecified atom stereocenters. The second-order valence-corrected chi connectivity index (χ2v) is 7.24. The average Bonchev–Trinajstić information content (AvgIpc) is 3.21. The van der Waals surface area contributed by atoms with Gasteiger partial charge in [-0.2, -0.15) is 23.1 Å². The zero-order chi connectivity index (χ0) is 21.5. The first-order valence-electron chi connectivity index (χ1n) is 9.42. The van der Waals surface area contributed by atoms with Gasteiger partial charge in [0.15, 0.2) is 0 Å². The summed E-state index contributed by atoms with van der Waals surface area (Å²) < 4.78 is 38.8. The Morgan fingerprint density at radius 1 is 1.23 bits per heavy atom. The average molecular weight is 420 g/mol. The fourth-order valence-corrected chi connectivity index (χ4v) is 3.67. The van der Waals surface area contributed by atoms with Crippen molar-refractivity contribution in [1.29, 1.82) is 0 Å². The van der Waals surface area contributed by atoms with Gasteiger partial charge in [-0.05, 0) is 31.0 Å². The first-order chi connectivity index (χ1) is 14.2. The fraction of sp³-hybridized carbons (Fsp3) is 0.368. The minimum Gasteiger partial charge on any atom is -0.383 e. The number of nitrogens with zero attached hydrogens (tertiary/aromatic N) is 3. The summed E-state index contributed by atoms with van der Waals surface area (Å²) in [7, 11) is 0. The number of carbonyl (C=O) groups is 2. The minimum atomic E-state index is -4.54. The molecule has 2 aliphatic rings. The molecule has 8 nitrogen and oxygen atoms in total. The van der Waals surface area contributed by atoms with Crippen molar-refractivity contribution in [3.8, 4) is 0 Å². The Labute approximate surface area is 169 Å². The summed E-state index contributed by atoms with van der Waals surface area (Å²) in [6.07, 6.45) is -2.76. The van der Waals surface area contributed by atoms with Gasteiger partial charge in [0.05, 0.1) is 17.0 Å². The summed E-state index contributed by atoms with van der Waals surface area (Å²) >= 11 is 0. The molecule has 4 N–H and O–H groups in total. The van der Waals surface area contributed by atoms with Crippen LogP contribution in [0.4, 0.5) is 36.4 Å². The quantitative estimate of drug-likeness (QED) is 0.704. The molecule has 11 heteroatoms. The van der Waals surface area contributed by atoms with E-state index in [-0.39, 0.29) is 29.3 Å². The van der Waals surface area contributed by atoms with Crippen LogP contribution in [0.25, 0.3) is 0 Å². The lowest BCUT2D eigenvalue weighted by atomic mass is 9.91. The molecule has 1 atom stereocenters. The molecule has 0 saturated carbocycles. The maximum Gasteiger partial charge on any atom is 0.416 e. The summed E-state index contributed by atoms with van der Waals surface area (Å²) in [4.78, 5) is 35.6. The Morgan fingerprint density at radius 2 is 1.97 bits per heavy atom. The predicted molar refractivity (Wildman–Crippen MR) is 104 cm³/mol. The highest BCUT2D eigenvalue weighted by Crippen LogP contribution is 2.37. The molecule has 3 heterocycles. The second-order valence-electron chi connectivity index (χ2n) is 7.24. The van der Waals surface area contributed by atoms with E-state index >= 15 is 0 Å². The number of nitrogen functional groups attached to an aromatic ring is 1. The van der Waals surface area contributed by atoms with Crippen molar-refractivity contribution < 1.29 is 22.8 Å². The second kappa shape index (κ2) is 7.47. The maximum atomic E-state index is 12.9. The molecule has 2 amide bonds. The van der Waals surface area contributed by atoms with Gasteiger partial charge >= 0.3 is 6.18 Å². The van der Waals surface area contributed by atoms with Crippen LogP contribution in [0, 0.1) is 0 Å². The van der Waals surface area contributed by atoms with E-state index in [4.69, 9.17) is 5.73 Å². The van der Waals surface area contributed by atoms with Crippen molar-refractivity contribution in [3.63, 3.8) is 0 Å². The SMILES string of the molecule is Nc1nc(N2CCCC2)nc2c1C(C(=O)Nc1cccc(C(F)(F)F)c1)CC(=O)N2. The van der Waals surface area contributed by atoms with Crippen LogP contribution < -0.4 is 21.3 Å². The zero-order valence-corrected chi connectivity index (χ0v) is 15.8. The number of alkyl halides is 3. The van der Waals surface area contributed by atoms with Crippen LogP contribution in [-0.2, 0) is 15.8 Å². The molecular weight excluding hydrogens is 401 g/mol. The zero-order valence-electron chi connectivity index (χ0n) is 15.8. The molecule has 1 aromatic carbocycles. The smallest absolute Gasteiger partial charge is 0.383 e. The largest absolute Gasteiger partial charge is 0.416 e. The van der Waals surface area contributed by atoms with Gasteiger partial charge in [0.25, 0.3) is 0 Å². The number of aromatic nitrogens is 2. The summed E-state index contributed by atoms with van der Waals surface area (Å²) in [6.45, 7) is 1.54. The van der Waals surface area contributed by atoms with Crippen LogP contribution in [0.1, 0.15) is 36.3 Å². The minimum absolute atomic E-state index is 0.0319. The standard InChI is InChI=1S/C19H19F3N6O2/c20-19(21,22)10-4-3-5-11(8-10)24-17(30)12-9-13(29)25-16-14(12)15(23)26-18(27-16)28-6-1-2-7-28/h3-5,8,12H,1-2,6-7,9H2,(H,24,30)(H3,23,25,26,27,29). The van der Waals surface area contributed by atoms with Gasteiger partial charge in [0, 0.05) is 25.2 Å². The Hall–Kier alpha value is -3.37. The van der Waals surface area contributed by atoms with E-state index in [0.29, 0.717) is 5.95 Å². The number of benzene rings is 1. The molecule has 0 bridgehead atoms. The molecule has 2 aromatic rings. The summed E-state index contributed by atoms with van der Waals surface area (Å²) in [6, 6.07) is 4.27. The first-order valence-corrected chi connectivity index (χ1v) is 9.42. The number of halogens is 3. The van der Waals surface area contributed by atoms with Crippen molar-refractivity contribution in [3.05, 3.63) is 35.4 Å². The summed E-state index contributed by atoms with van der Waals surface area (Å²) in [5.74, 6) is -1.51. The lowest BCUT2D eigenvalue weighted by Gasteiger charge is -2.26. The Kier molecular flexibility index (Phi) is 4.96. The van der Waals surface area contributed by atoms with E-state index in [0.717, 1.165) is 38.1 Å². The van der Waals surface area contributed by atoms with Gasteiger partial charge in [0.1, 0.15) is 11.6 Å². The lowest BCUT2D eigenvalue weighted by Crippen LogP contribution is -2.33. The number of nitrogens with one attached hydrogen (secondary N) is 2. The summed E-state index contributed by atoms with van der Waals surface area (Å²) in [5, 5.41) is 5.06. The van der Waals surface area contributed by atoms with Crippen molar-refractivity contribution in [2.75, 3.05) is 34.4 Å². The molecule has 1 saturated heterocycles. The highest BCUT2D eigenvalue weighted by molar-refractivity contribution is 6.05. The van der Waals surface area contributed by atoms with Gasteiger partial charge in [-0.15, -0.1) is 0 Å². The van der Waals surface area contributed by atoms with Crippen molar-refractivity contribution in [2.24, 2.45) is 0 Å². The number of nitrogens with two attached hydrogens (primary N) is 1. The molecule has 4 rings (SSSR count). The Balaban J connectivity index is 1.63. The summed E-state index contributed by atoms with van der Waals surface area (Å²) in [5.41, 5.74) is 5.45. The van der Waals surface area contributed by atoms with Gasteiger partial charge in [-0.1, -0.05) is 6.07 Å². The van der Waals surface area contributed by atoms with E-state index < -0.39 is 29.5 Å². The van der Waals surface area contributed by atoms with E-state index in [1.165, 1.54) is 12.1 Å². The molecule has 1 fully saturated rings. The molecule has 2 aliphatic heterocycles. The Bertz CT molecular complexity index is 1000. The molecule has 158 valence electrons. The van der Waals surface area contributed by atoms with Crippen LogP contribution in [0.15, 0.2) is 24.3 Å². The third-order valence-corrected chi connectivity index (χ3v) is 5.12. The van der Waals surface area contributed by atoms with E-state index in [2.05, 4.69) is 20.6 Å². The van der Waals surface area contributed by atoms with Crippen molar-refractivity contribution in [1.82, 2.24) is 9.97 Å². The van der Waals surface area contributed by atoms with Gasteiger partial charge in [-0.25, -0.2) is 0 Å². The van der Waals surface area contributed by atoms with Crippen LogP contribution >= 0.6 is 0 Å². The predicted octanol–water partition coefficient (Wildman–Crippen LogP) is 2.74. The molecule has 30 heavy (non-hydrogen) atoms. The molecule has 0 aliphatic carbocycles. The number of hydrogen-bond acceptors (Lipinski definition) is 6. The van der Waals surface area contributed by atoms with Gasteiger partial charge < -0.3 is 21.3 Å². The number of rotatable bonds is 3. The number of anilines is 4. The van der Waals surface area contributed by atoms with Crippen molar-refractivity contribution >= 4 is 35.1 Å². The van der Waals surface area contributed by atoms with Crippen molar-refractivity contribution in [2.45, 2.75) is 31.4 Å². The number of fused-ring (bicyclic) bond motifs is 1. The number of carbonyl (C=O) groups excluding carboxylic acids is 2. The highest BCUT2D eigenvalue weighted by atomic mass is 19.4. The van der Waals surface area contributed by atoms with E-state index in [9.17, 15) is 22.8 Å². The third kappa shape index (κ3) is 3.87. The number of amides is 2. The Morgan fingerprint density at radius 3 is 2.67 bits per heavy atom. The van der Waals surface area contributed by atoms with Gasteiger partial charge in [-0.3, -0.25) is 9.59 Å². The fourth-order valence-electron chi connectivity index (χ4n) is 3.67. The molecule has 1 aromatic heterocycles. The molecular formula is C19H19F3N6O2.